The normalized spacial score (nSPS) is 37.1. The first-order valence-corrected chi connectivity index (χ1v) is 18.6. The van der Waals surface area contributed by atoms with Crippen LogP contribution in [-0.2, 0) is 38.0 Å². The summed E-state index contributed by atoms with van der Waals surface area (Å²) in [6, 6.07) is 1.03. The maximum absolute atomic E-state index is 11.8. The number of rotatable bonds is 12. The molecule has 8 nitrogen and oxygen atoms in total. The molecular formula is C30H56O8Si. The summed E-state index contributed by atoms with van der Waals surface area (Å²) in [5.41, 5.74) is 0. The van der Waals surface area contributed by atoms with Gasteiger partial charge < -0.3 is 28.4 Å². The molecule has 228 valence electrons. The van der Waals surface area contributed by atoms with Crippen molar-refractivity contribution in [2.24, 2.45) is 29.6 Å². The molecule has 2 fully saturated rings. The summed E-state index contributed by atoms with van der Waals surface area (Å²) in [5, 5.41) is 0. The topological polar surface area (TPSA) is 89.5 Å². The average molecular weight is 573 g/mol. The monoisotopic (exact) mass is 572 g/mol. The van der Waals surface area contributed by atoms with Crippen LogP contribution >= 0.6 is 0 Å². The van der Waals surface area contributed by atoms with Gasteiger partial charge in [0.25, 0.3) is 0 Å². The van der Waals surface area contributed by atoms with Gasteiger partial charge in [-0.3, -0.25) is 9.59 Å². The Labute approximate surface area is 238 Å². The average Bonchev–Trinajstić information content (AvgIpc) is 2.82. The highest BCUT2D eigenvalue weighted by molar-refractivity contribution is 6.76. The van der Waals surface area contributed by atoms with E-state index in [4.69, 9.17) is 28.4 Å². The molecule has 0 N–H and O–H groups in total. The largest absolute Gasteiger partial charge is 0.463 e. The Morgan fingerprint density at radius 1 is 1.03 bits per heavy atom. The van der Waals surface area contributed by atoms with Gasteiger partial charge in [0.2, 0.25) is 0 Å². The van der Waals surface area contributed by atoms with E-state index in [0.29, 0.717) is 12.5 Å². The van der Waals surface area contributed by atoms with Crippen LogP contribution in [0.5, 0.6) is 0 Å². The van der Waals surface area contributed by atoms with E-state index in [0.717, 1.165) is 18.9 Å². The Hall–Kier alpha value is -1.00. The second-order valence-corrected chi connectivity index (χ2v) is 19.1. The van der Waals surface area contributed by atoms with E-state index in [-0.39, 0.29) is 66.6 Å². The Balaban J connectivity index is 2.27. The minimum atomic E-state index is -1.28. The zero-order valence-electron chi connectivity index (χ0n) is 26.6. The number of carbonyl (C=O) groups excluding carboxylic acids is 2. The molecule has 2 heterocycles. The standard InChI is InChI=1S/C30H56O8Si/c1-13-25(35-24(8)32)20(4)27-19(3)18(2)16-30(9,37-27)38-28-21(5)26(17-34-23(7)31)36-29(22(28)6)33-14-15-39(10,11)12/h18-22,25-29H,13-17H2,1-12H3/t18-,19-,20-,21+,22+,25-,26?,27?,28?,29-,30-/m1/s1. The van der Waals surface area contributed by atoms with Gasteiger partial charge in [0, 0.05) is 52.7 Å². The minimum absolute atomic E-state index is 0.0125. The van der Waals surface area contributed by atoms with Gasteiger partial charge in [0.1, 0.15) is 12.7 Å². The summed E-state index contributed by atoms with van der Waals surface area (Å²) in [7, 11) is -1.28. The van der Waals surface area contributed by atoms with Crippen molar-refractivity contribution in [3.63, 3.8) is 0 Å². The van der Waals surface area contributed by atoms with Gasteiger partial charge in [-0.2, -0.15) is 0 Å². The van der Waals surface area contributed by atoms with Crippen LogP contribution in [0.4, 0.5) is 0 Å². The predicted octanol–water partition coefficient (Wildman–Crippen LogP) is 6.04. The van der Waals surface area contributed by atoms with Crippen LogP contribution < -0.4 is 0 Å². The van der Waals surface area contributed by atoms with Gasteiger partial charge in [0.05, 0.1) is 18.3 Å². The van der Waals surface area contributed by atoms with Crippen LogP contribution in [0.3, 0.4) is 0 Å². The second kappa shape index (κ2) is 14.3. The fourth-order valence-electron chi connectivity index (χ4n) is 6.02. The molecule has 0 aromatic carbocycles. The summed E-state index contributed by atoms with van der Waals surface area (Å²) >= 11 is 0. The van der Waals surface area contributed by atoms with Gasteiger partial charge in [0.15, 0.2) is 12.1 Å². The fraction of sp³-hybridized carbons (Fsp3) is 0.933. The molecule has 2 saturated heterocycles. The van der Waals surface area contributed by atoms with Gasteiger partial charge in [-0.25, -0.2) is 0 Å². The molecule has 0 amide bonds. The van der Waals surface area contributed by atoms with Crippen LogP contribution in [0.2, 0.25) is 25.7 Å². The van der Waals surface area contributed by atoms with Crippen molar-refractivity contribution in [3.8, 4) is 0 Å². The number of hydrogen-bond acceptors (Lipinski definition) is 8. The van der Waals surface area contributed by atoms with E-state index in [1.807, 2.05) is 13.8 Å². The SMILES string of the molecule is CC[C@@H](OC(C)=O)[C@@H](C)C1O[C@](C)(OC2[C@@H](C)C(COC(C)=O)O[C@@H](OCC[Si](C)(C)C)[C@H]2C)C[C@@H](C)[C@H]1C. The summed E-state index contributed by atoms with van der Waals surface area (Å²) in [5.74, 6) is -0.904. The fourth-order valence-corrected chi connectivity index (χ4v) is 6.75. The number of ether oxygens (including phenoxy) is 6. The summed E-state index contributed by atoms with van der Waals surface area (Å²) in [4.78, 5) is 23.4. The Morgan fingerprint density at radius 3 is 2.21 bits per heavy atom. The lowest BCUT2D eigenvalue weighted by Gasteiger charge is -2.52. The molecule has 0 aliphatic carbocycles. The van der Waals surface area contributed by atoms with Crippen LogP contribution in [0.1, 0.15) is 75.2 Å². The van der Waals surface area contributed by atoms with Crippen LogP contribution in [0.15, 0.2) is 0 Å². The third-order valence-corrected chi connectivity index (χ3v) is 10.4. The lowest BCUT2D eigenvalue weighted by atomic mass is 9.76. The van der Waals surface area contributed by atoms with E-state index in [1.165, 1.54) is 13.8 Å². The molecule has 0 bridgehead atoms. The van der Waals surface area contributed by atoms with Gasteiger partial charge in [-0.15, -0.1) is 0 Å². The summed E-state index contributed by atoms with van der Waals surface area (Å²) < 4.78 is 37.4. The molecule has 2 aliphatic rings. The smallest absolute Gasteiger partial charge is 0.302 e. The molecule has 0 aromatic rings. The van der Waals surface area contributed by atoms with Crippen LogP contribution in [0.25, 0.3) is 0 Å². The number of esters is 2. The van der Waals surface area contributed by atoms with Crippen LogP contribution in [-0.4, -0.2) is 69.7 Å². The highest BCUT2D eigenvalue weighted by atomic mass is 28.3. The van der Waals surface area contributed by atoms with Crippen molar-refractivity contribution in [2.75, 3.05) is 13.2 Å². The van der Waals surface area contributed by atoms with E-state index < -0.39 is 20.2 Å². The third-order valence-electron chi connectivity index (χ3n) is 8.65. The second-order valence-electron chi connectivity index (χ2n) is 13.5. The first-order valence-electron chi connectivity index (χ1n) is 14.9. The van der Waals surface area contributed by atoms with Gasteiger partial charge in [-0.1, -0.05) is 61.2 Å². The quantitative estimate of drug-likeness (QED) is 0.207. The van der Waals surface area contributed by atoms with E-state index >= 15 is 0 Å². The minimum Gasteiger partial charge on any atom is -0.463 e. The molecule has 0 saturated carbocycles. The highest BCUT2D eigenvalue weighted by Gasteiger charge is 2.50. The molecule has 0 radical (unpaired) electrons. The maximum Gasteiger partial charge on any atom is 0.302 e. The lowest BCUT2D eigenvalue weighted by molar-refractivity contribution is -0.356. The molecule has 3 unspecified atom stereocenters. The number of hydrogen-bond donors (Lipinski definition) is 0. The van der Waals surface area contributed by atoms with E-state index in [9.17, 15) is 9.59 Å². The number of carbonyl (C=O) groups is 2. The van der Waals surface area contributed by atoms with Gasteiger partial charge in [-0.05, 0) is 31.2 Å². The zero-order chi connectivity index (χ0) is 29.7. The molecule has 39 heavy (non-hydrogen) atoms. The molecular weight excluding hydrogens is 516 g/mol. The van der Waals surface area contributed by atoms with Crippen molar-refractivity contribution in [2.45, 2.75) is 137 Å². The van der Waals surface area contributed by atoms with Crippen molar-refractivity contribution in [3.05, 3.63) is 0 Å². The molecule has 0 spiro atoms. The van der Waals surface area contributed by atoms with Crippen molar-refractivity contribution in [1.29, 1.82) is 0 Å². The molecule has 2 rings (SSSR count). The zero-order valence-corrected chi connectivity index (χ0v) is 27.6. The van der Waals surface area contributed by atoms with Crippen molar-refractivity contribution in [1.82, 2.24) is 0 Å². The third kappa shape index (κ3) is 9.80. The Morgan fingerprint density at radius 2 is 1.67 bits per heavy atom. The highest BCUT2D eigenvalue weighted by Crippen LogP contribution is 2.44. The van der Waals surface area contributed by atoms with Gasteiger partial charge >= 0.3 is 11.9 Å². The summed E-state index contributed by atoms with van der Waals surface area (Å²) in [6.45, 7) is 25.4. The van der Waals surface area contributed by atoms with Crippen molar-refractivity contribution >= 4 is 20.0 Å². The Bertz CT molecular complexity index is 800. The van der Waals surface area contributed by atoms with E-state index in [1.54, 1.807) is 0 Å². The predicted molar refractivity (Wildman–Crippen MR) is 154 cm³/mol. The van der Waals surface area contributed by atoms with E-state index in [2.05, 4.69) is 54.3 Å². The molecule has 2 aliphatic heterocycles. The Kier molecular flexibility index (Phi) is 12.5. The maximum atomic E-state index is 11.8. The molecule has 0 aromatic heterocycles. The molecule has 11 atom stereocenters. The van der Waals surface area contributed by atoms with Crippen molar-refractivity contribution < 1.29 is 38.0 Å². The molecule has 9 heteroatoms. The first kappa shape index (κ1) is 34.2. The summed E-state index contributed by atoms with van der Waals surface area (Å²) in [6.07, 6.45) is 0.0779. The van der Waals surface area contributed by atoms with Crippen LogP contribution in [0, 0.1) is 29.6 Å². The first-order chi connectivity index (χ1) is 18.0. The lowest BCUT2D eigenvalue weighted by Crippen LogP contribution is -2.58.